The van der Waals surface area contributed by atoms with Gasteiger partial charge in [-0.2, -0.15) is 0 Å². The zero-order valence-corrected chi connectivity index (χ0v) is 17.4. The molecule has 10 heteroatoms. The maximum Gasteiger partial charge on any atom is 0.339 e. The number of methoxy groups -OCH3 is 1. The van der Waals surface area contributed by atoms with Gasteiger partial charge in [0.25, 0.3) is 11.8 Å². The molecule has 0 N–H and O–H groups in total. The Hall–Kier alpha value is -3.27. The molecule has 0 saturated carbocycles. The van der Waals surface area contributed by atoms with Gasteiger partial charge in [-0.3, -0.25) is 19.6 Å². The standard InChI is InChI=1S/C20H21N3O6S/c1-14-4-7-16(8-5-14)30(27,28)13-18(24)22-10-3-11-23(22)19(25)17-9-6-15(12-21-17)20(26)29-2/h4-9,12H,3,10-11,13H2,1-2H3. The van der Waals surface area contributed by atoms with Crippen LogP contribution in [0.15, 0.2) is 47.5 Å². The van der Waals surface area contributed by atoms with Crippen LogP contribution in [0.3, 0.4) is 0 Å². The Balaban J connectivity index is 1.74. The summed E-state index contributed by atoms with van der Waals surface area (Å²) in [7, 11) is -2.61. The lowest BCUT2D eigenvalue weighted by molar-refractivity contribution is -0.137. The Morgan fingerprint density at radius 3 is 2.30 bits per heavy atom. The van der Waals surface area contributed by atoms with Crippen molar-refractivity contribution in [2.45, 2.75) is 18.2 Å². The molecule has 0 spiro atoms. The van der Waals surface area contributed by atoms with Gasteiger partial charge in [0.2, 0.25) is 0 Å². The van der Waals surface area contributed by atoms with E-state index in [0.717, 1.165) is 10.6 Å². The van der Waals surface area contributed by atoms with Crippen molar-refractivity contribution in [2.75, 3.05) is 26.0 Å². The Bertz CT molecular complexity index is 1060. The van der Waals surface area contributed by atoms with Crippen molar-refractivity contribution in [1.29, 1.82) is 0 Å². The number of nitrogens with zero attached hydrogens (tertiary/aromatic N) is 3. The second-order valence-corrected chi connectivity index (χ2v) is 8.78. The number of rotatable bonds is 5. The van der Waals surface area contributed by atoms with E-state index in [9.17, 15) is 22.8 Å². The van der Waals surface area contributed by atoms with E-state index in [1.54, 1.807) is 12.1 Å². The van der Waals surface area contributed by atoms with Crippen molar-refractivity contribution in [3.8, 4) is 0 Å². The van der Waals surface area contributed by atoms with Crippen LogP contribution in [0.25, 0.3) is 0 Å². The smallest absolute Gasteiger partial charge is 0.339 e. The van der Waals surface area contributed by atoms with Crippen LogP contribution in [0, 0.1) is 6.92 Å². The van der Waals surface area contributed by atoms with Gasteiger partial charge in [0.1, 0.15) is 11.4 Å². The molecule has 2 aromatic rings. The Labute approximate surface area is 174 Å². The molecule has 30 heavy (non-hydrogen) atoms. The molecular formula is C20H21N3O6S. The number of esters is 1. The van der Waals surface area contributed by atoms with E-state index in [0.29, 0.717) is 6.42 Å². The zero-order valence-electron chi connectivity index (χ0n) is 16.6. The van der Waals surface area contributed by atoms with E-state index in [1.807, 2.05) is 6.92 Å². The fourth-order valence-corrected chi connectivity index (χ4v) is 4.23. The first-order valence-corrected chi connectivity index (χ1v) is 10.8. The summed E-state index contributed by atoms with van der Waals surface area (Å²) >= 11 is 0. The minimum Gasteiger partial charge on any atom is -0.465 e. The lowest BCUT2D eigenvalue weighted by atomic mass is 10.2. The molecule has 1 aromatic heterocycles. The fraction of sp³-hybridized carbons (Fsp3) is 0.300. The van der Waals surface area contributed by atoms with E-state index < -0.39 is 33.4 Å². The number of pyridine rings is 1. The number of amides is 2. The van der Waals surface area contributed by atoms with E-state index in [2.05, 4.69) is 9.72 Å². The van der Waals surface area contributed by atoms with Gasteiger partial charge in [-0.25, -0.2) is 18.2 Å². The van der Waals surface area contributed by atoms with Gasteiger partial charge in [-0.05, 0) is 37.6 Å². The van der Waals surface area contributed by atoms with Crippen molar-refractivity contribution in [3.63, 3.8) is 0 Å². The van der Waals surface area contributed by atoms with E-state index in [-0.39, 0.29) is 29.2 Å². The Kier molecular flexibility index (Phi) is 6.16. The maximum atomic E-state index is 12.8. The normalized spacial score (nSPS) is 13.9. The van der Waals surface area contributed by atoms with Gasteiger partial charge in [0.05, 0.1) is 17.6 Å². The molecule has 2 heterocycles. The molecule has 1 aromatic carbocycles. The summed E-state index contributed by atoms with van der Waals surface area (Å²) in [6.45, 7) is 2.32. The van der Waals surface area contributed by atoms with Crippen LogP contribution >= 0.6 is 0 Å². The minimum absolute atomic E-state index is 0.0312. The number of sulfone groups is 1. The van der Waals surface area contributed by atoms with Crippen LogP contribution in [0.4, 0.5) is 0 Å². The van der Waals surface area contributed by atoms with Crippen LogP contribution < -0.4 is 0 Å². The number of carbonyl (C=O) groups is 3. The summed E-state index contributed by atoms with van der Waals surface area (Å²) in [4.78, 5) is 41.0. The first kappa shape index (κ1) is 21.4. The van der Waals surface area contributed by atoms with E-state index in [4.69, 9.17) is 0 Å². The van der Waals surface area contributed by atoms with Gasteiger partial charge < -0.3 is 4.74 Å². The monoisotopic (exact) mass is 431 g/mol. The van der Waals surface area contributed by atoms with Gasteiger partial charge >= 0.3 is 5.97 Å². The maximum absolute atomic E-state index is 12.8. The first-order chi connectivity index (χ1) is 14.2. The number of hydrazine groups is 1. The highest BCUT2D eigenvalue weighted by molar-refractivity contribution is 7.92. The highest BCUT2D eigenvalue weighted by Gasteiger charge is 2.34. The molecule has 9 nitrogen and oxygen atoms in total. The van der Waals surface area contributed by atoms with Gasteiger partial charge in [-0.15, -0.1) is 0 Å². The summed E-state index contributed by atoms with van der Waals surface area (Å²) in [5, 5.41) is 2.33. The first-order valence-electron chi connectivity index (χ1n) is 9.19. The summed E-state index contributed by atoms with van der Waals surface area (Å²) in [5.41, 5.74) is 1.12. The third-order valence-corrected chi connectivity index (χ3v) is 6.27. The van der Waals surface area contributed by atoms with E-state index in [1.165, 1.54) is 42.6 Å². The number of benzene rings is 1. The predicted octanol–water partition coefficient (Wildman–Crippen LogP) is 1.24. The molecule has 0 atom stereocenters. The number of carbonyl (C=O) groups excluding carboxylic acids is 3. The third-order valence-electron chi connectivity index (χ3n) is 4.65. The van der Waals surface area contributed by atoms with Gasteiger partial charge in [0, 0.05) is 19.3 Å². The second kappa shape index (κ2) is 8.62. The summed E-state index contributed by atoms with van der Waals surface area (Å²) in [5.74, 6) is -2.56. The van der Waals surface area contributed by atoms with Crippen LogP contribution in [0.2, 0.25) is 0 Å². The predicted molar refractivity (Wildman–Crippen MR) is 106 cm³/mol. The summed E-state index contributed by atoms with van der Waals surface area (Å²) in [6, 6.07) is 8.99. The van der Waals surface area contributed by atoms with Crippen LogP contribution in [0.5, 0.6) is 0 Å². The van der Waals surface area contributed by atoms with Crippen molar-refractivity contribution >= 4 is 27.6 Å². The largest absolute Gasteiger partial charge is 0.465 e. The van der Waals surface area contributed by atoms with Crippen LogP contribution in [-0.2, 0) is 19.4 Å². The average Bonchev–Trinajstić information content (AvgIpc) is 3.23. The van der Waals surface area contributed by atoms with Crippen molar-refractivity contribution < 1.29 is 27.5 Å². The van der Waals surface area contributed by atoms with Crippen LogP contribution in [0.1, 0.15) is 32.8 Å². The summed E-state index contributed by atoms with van der Waals surface area (Å²) < 4.78 is 29.7. The summed E-state index contributed by atoms with van der Waals surface area (Å²) in [6.07, 6.45) is 1.73. The molecule has 1 fully saturated rings. The molecule has 0 unspecified atom stereocenters. The molecule has 0 radical (unpaired) electrons. The van der Waals surface area contributed by atoms with Crippen molar-refractivity contribution in [3.05, 3.63) is 59.4 Å². The SMILES string of the molecule is COC(=O)c1ccc(C(=O)N2CCCN2C(=O)CS(=O)(=O)c2ccc(C)cc2)nc1. The number of ether oxygens (including phenoxy) is 1. The van der Waals surface area contributed by atoms with Crippen molar-refractivity contribution in [2.24, 2.45) is 0 Å². The fourth-order valence-electron chi connectivity index (χ4n) is 3.04. The third kappa shape index (κ3) is 4.48. The van der Waals surface area contributed by atoms with Gasteiger partial charge in [0.15, 0.2) is 9.84 Å². The van der Waals surface area contributed by atoms with Crippen LogP contribution in [-0.4, -0.2) is 67.2 Å². The molecule has 1 saturated heterocycles. The lowest BCUT2D eigenvalue weighted by Crippen LogP contribution is -2.47. The van der Waals surface area contributed by atoms with Gasteiger partial charge in [-0.1, -0.05) is 17.7 Å². The average molecular weight is 431 g/mol. The lowest BCUT2D eigenvalue weighted by Gasteiger charge is -2.27. The quantitative estimate of drug-likeness (QED) is 0.654. The molecule has 0 bridgehead atoms. The molecular weight excluding hydrogens is 410 g/mol. The topological polar surface area (TPSA) is 114 Å². The minimum atomic E-state index is -3.84. The Morgan fingerprint density at radius 2 is 1.70 bits per heavy atom. The highest BCUT2D eigenvalue weighted by atomic mass is 32.2. The molecule has 3 rings (SSSR count). The number of aromatic nitrogens is 1. The Morgan fingerprint density at radius 1 is 1.03 bits per heavy atom. The molecule has 1 aliphatic rings. The number of hydrogen-bond donors (Lipinski definition) is 0. The molecule has 2 amide bonds. The highest BCUT2D eigenvalue weighted by Crippen LogP contribution is 2.18. The molecule has 158 valence electrons. The molecule has 1 aliphatic heterocycles. The van der Waals surface area contributed by atoms with E-state index >= 15 is 0 Å². The zero-order chi connectivity index (χ0) is 21.9. The number of aryl methyl sites for hydroxylation is 1. The second-order valence-electron chi connectivity index (χ2n) is 6.79. The molecule has 0 aliphatic carbocycles. The van der Waals surface area contributed by atoms with Crippen molar-refractivity contribution in [1.82, 2.24) is 15.0 Å². The number of hydrogen-bond acceptors (Lipinski definition) is 7.